The topological polar surface area (TPSA) is 85.6 Å². The van der Waals surface area contributed by atoms with Crippen molar-refractivity contribution in [1.82, 2.24) is 25.0 Å². The van der Waals surface area contributed by atoms with E-state index in [1.165, 1.54) is 11.3 Å². The van der Waals surface area contributed by atoms with Crippen molar-refractivity contribution in [3.05, 3.63) is 53.2 Å². The van der Waals surface area contributed by atoms with E-state index in [1.54, 1.807) is 6.20 Å². The molecule has 1 aliphatic carbocycles. The second-order valence-corrected chi connectivity index (χ2v) is 8.52. The van der Waals surface area contributed by atoms with E-state index in [4.69, 9.17) is 4.98 Å². The Morgan fingerprint density at radius 1 is 1.21 bits per heavy atom. The van der Waals surface area contributed by atoms with E-state index in [1.807, 2.05) is 54.9 Å². The van der Waals surface area contributed by atoms with E-state index in [0.717, 1.165) is 34.5 Å². The first-order valence-electron chi connectivity index (χ1n) is 9.68. The number of nitrogens with one attached hydrogen (secondary N) is 1. The van der Waals surface area contributed by atoms with E-state index in [-0.39, 0.29) is 11.9 Å². The molecule has 1 saturated carbocycles. The van der Waals surface area contributed by atoms with Gasteiger partial charge in [0.2, 0.25) is 5.13 Å². The van der Waals surface area contributed by atoms with Crippen LogP contribution >= 0.6 is 11.3 Å². The van der Waals surface area contributed by atoms with Gasteiger partial charge in [0.15, 0.2) is 5.65 Å². The minimum absolute atomic E-state index is 0.131. The van der Waals surface area contributed by atoms with Crippen molar-refractivity contribution >= 4 is 33.4 Å². The fourth-order valence-corrected chi connectivity index (χ4v) is 4.19. The van der Waals surface area contributed by atoms with Crippen molar-refractivity contribution in [2.45, 2.75) is 38.6 Å². The Labute approximate surface area is 171 Å². The number of pyridine rings is 1. The third-order valence-electron chi connectivity index (χ3n) is 4.96. The lowest BCUT2D eigenvalue weighted by molar-refractivity contribution is 0.102. The lowest BCUT2D eigenvalue weighted by Gasteiger charge is -2.10. The molecule has 0 bridgehead atoms. The number of anilines is 1. The van der Waals surface area contributed by atoms with E-state index in [9.17, 15) is 4.79 Å². The van der Waals surface area contributed by atoms with Crippen LogP contribution in [0.25, 0.3) is 22.3 Å². The molecule has 4 aromatic rings. The van der Waals surface area contributed by atoms with Crippen LogP contribution in [0.15, 0.2) is 42.6 Å². The number of aromatic nitrogens is 5. The Balaban J connectivity index is 1.58. The van der Waals surface area contributed by atoms with Gasteiger partial charge in [-0.15, -0.1) is 10.2 Å². The van der Waals surface area contributed by atoms with E-state index in [2.05, 4.69) is 20.6 Å². The molecule has 3 heterocycles. The maximum Gasteiger partial charge on any atom is 0.258 e. The molecule has 1 amide bonds. The van der Waals surface area contributed by atoms with Crippen molar-refractivity contribution < 1.29 is 4.79 Å². The van der Waals surface area contributed by atoms with Gasteiger partial charge in [0.25, 0.3) is 5.91 Å². The van der Waals surface area contributed by atoms with Crippen LogP contribution in [0.3, 0.4) is 0 Å². The SMILES string of the molecule is CC(C)n1ncc2c(C(=O)Nc3nnc(C4CC4)s3)cc(-c3ccccc3)nc21. The maximum atomic E-state index is 13.1. The van der Waals surface area contributed by atoms with Crippen LogP contribution in [-0.4, -0.2) is 30.9 Å². The van der Waals surface area contributed by atoms with Gasteiger partial charge in [-0.1, -0.05) is 41.7 Å². The minimum Gasteiger partial charge on any atom is -0.296 e. The lowest BCUT2D eigenvalue weighted by atomic mass is 10.1. The second kappa shape index (κ2) is 7.04. The summed E-state index contributed by atoms with van der Waals surface area (Å²) in [6, 6.07) is 11.8. The van der Waals surface area contributed by atoms with Crippen molar-refractivity contribution in [2.75, 3.05) is 5.32 Å². The van der Waals surface area contributed by atoms with Gasteiger partial charge in [0.1, 0.15) is 5.01 Å². The van der Waals surface area contributed by atoms with Crippen LogP contribution in [0.4, 0.5) is 5.13 Å². The first kappa shape index (κ1) is 17.9. The first-order valence-corrected chi connectivity index (χ1v) is 10.5. The van der Waals surface area contributed by atoms with Gasteiger partial charge in [0.05, 0.1) is 22.8 Å². The molecule has 0 spiro atoms. The number of fused-ring (bicyclic) bond motifs is 1. The second-order valence-electron chi connectivity index (χ2n) is 7.52. The molecule has 0 radical (unpaired) electrons. The van der Waals surface area contributed by atoms with Gasteiger partial charge >= 0.3 is 0 Å². The highest BCUT2D eigenvalue weighted by Crippen LogP contribution is 2.42. The van der Waals surface area contributed by atoms with Gasteiger partial charge in [-0.2, -0.15) is 5.10 Å². The Hall–Kier alpha value is -3.13. The predicted molar refractivity (Wildman–Crippen MR) is 113 cm³/mol. The van der Waals surface area contributed by atoms with Crippen LogP contribution in [0, 0.1) is 0 Å². The van der Waals surface area contributed by atoms with Gasteiger partial charge < -0.3 is 0 Å². The minimum atomic E-state index is -0.226. The van der Waals surface area contributed by atoms with Crippen LogP contribution in [0.5, 0.6) is 0 Å². The third-order valence-corrected chi connectivity index (χ3v) is 5.96. The zero-order valence-corrected chi connectivity index (χ0v) is 17.0. The van der Waals surface area contributed by atoms with Gasteiger partial charge in [-0.25, -0.2) is 9.67 Å². The molecule has 0 atom stereocenters. The third kappa shape index (κ3) is 3.40. The average Bonchev–Trinajstić information content (AvgIpc) is 3.32. The maximum absolute atomic E-state index is 13.1. The van der Waals surface area contributed by atoms with E-state index < -0.39 is 0 Å². The molecule has 0 saturated heterocycles. The number of rotatable bonds is 5. The summed E-state index contributed by atoms with van der Waals surface area (Å²) in [5.41, 5.74) is 2.92. The highest BCUT2D eigenvalue weighted by molar-refractivity contribution is 7.15. The number of nitrogens with zero attached hydrogens (tertiary/aromatic N) is 5. The fraction of sp³-hybridized carbons (Fsp3) is 0.286. The Kier molecular flexibility index (Phi) is 4.35. The largest absolute Gasteiger partial charge is 0.296 e. The molecule has 3 aromatic heterocycles. The number of carbonyl (C=O) groups excluding carboxylic acids is 1. The molecule has 1 fully saturated rings. The molecule has 0 unspecified atom stereocenters. The number of benzene rings is 1. The summed E-state index contributed by atoms with van der Waals surface area (Å²) in [4.78, 5) is 18.0. The van der Waals surface area contributed by atoms with Crippen molar-refractivity contribution in [3.63, 3.8) is 0 Å². The molecule has 5 rings (SSSR count). The summed E-state index contributed by atoms with van der Waals surface area (Å²) >= 11 is 1.45. The summed E-state index contributed by atoms with van der Waals surface area (Å²) in [5.74, 6) is 0.288. The van der Waals surface area contributed by atoms with E-state index >= 15 is 0 Å². The van der Waals surface area contributed by atoms with Crippen molar-refractivity contribution in [1.29, 1.82) is 0 Å². The highest BCUT2D eigenvalue weighted by atomic mass is 32.1. The molecule has 7 nitrogen and oxygen atoms in total. The van der Waals surface area contributed by atoms with Crippen LogP contribution < -0.4 is 5.32 Å². The standard InChI is InChI=1S/C21H20N6OS/c1-12(2)27-18-16(11-22-27)15(10-17(23-18)13-6-4-3-5-7-13)19(28)24-21-26-25-20(29-21)14-8-9-14/h3-7,10-12,14H,8-9H2,1-2H3,(H,24,26,28). The number of hydrogen-bond donors (Lipinski definition) is 1. The zero-order valence-electron chi connectivity index (χ0n) is 16.2. The average molecular weight is 404 g/mol. The molecule has 1 N–H and O–H groups in total. The number of carbonyl (C=O) groups is 1. The Morgan fingerprint density at radius 3 is 2.72 bits per heavy atom. The summed E-state index contributed by atoms with van der Waals surface area (Å²) in [7, 11) is 0. The Morgan fingerprint density at radius 2 is 2.00 bits per heavy atom. The molecular formula is C21H20N6OS. The van der Waals surface area contributed by atoms with E-state index in [0.29, 0.717) is 22.3 Å². The summed E-state index contributed by atoms with van der Waals surface area (Å²) in [6.45, 7) is 4.09. The highest BCUT2D eigenvalue weighted by Gasteiger charge is 2.28. The predicted octanol–water partition coefficient (Wildman–Crippen LogP) is 4.66. The monoisotopic (exact) mass is 404 g/mol. The normalized spacial score (nSPS) is 13.9. The molecule has 1 aliphatic rings. The van der Waals surface area contributed by atoms with Crippen LogP contribution in [0.2, 0.25) is 0 Å². The summed E-state index contributed by atoms with van der Waals surface area (Å²) in [6.07, 6.45) is 4.02. The summed E-state index contributed by atoms with van der Waals surface area (Å²) < 4.78 is 1.84. The molecule has 29 heavy (non-hydrogen) atoms. The Bertz CT molecular complexity index is 1190. The van der Waals surface area contributed by atoms with Crippen LogP contribution in [0.1, 0.15) is 54.0 Å². The molecule has 0 aliphatic heterocycles. The first-order chi connectivity index (χ1) is 14.1. The molecule has 8 heteroatoms. The zero-order chi connectivity index (χ0) is 20.0. The van der Waals surface area contributed by atoms with Gasteiger partial charge in [-0.05, 0) is 32.8 Å². The molecule has 146 valence electrons. The van der Waals surface area contributed by atoms with Gasteiger partial charge in [0, 0.05) is 17.5 Å². The fourth-order valence-electron chi connectivity index (χ4n) is 3.29. The van der Waals surface area contributed by atoms with Crippen molar-refractivity contribution in [3.8, 4) is 11.3 Å². The number of hydrogen-bond acceptors (Lipinski definition) is 6. The van der Waals surface area contributed by atoms with Crippen molar-refractivity contribution in [2.24, 2.45) is 0 Å². The van der Waals surface area contributed by atoms with Crippen LogP contribution in [-0.2, 0) is 0 Å². The molecular weight excluding hydrogens is 384 g/mol. The quantitative estimate of drug-likeness (QED) is 0.523. The number of amides is 1. The molecule has 1 aromatic carbocycles. The summed E-state index contributed by atoms with van der Waals surface area (Å²) in [5, 5.41) is 18.0. The van der Waals surface area contributed by atoms with Gasteiger partial charge in [-0.3, -0.25) is 10.1 Å². The smallest absolute Gasteiger partial charge is 0.258 e. The lowest BCUT2D eigenvalue weighted by Crippen LogP contribution is -2.13.